The Morgan fingerprint density at radius 1 is 1.10 bits per heavy atom. The average Bonchev–Trinajstić information content (AvgIpc) is 3.44. The maximum absolute atomic E-state index is 13.6. The number of aromatic nitrogens is 3. The molecule has 10 nitrogen and oxygen atoms in total. The second kappa shape index (κ2) is 16.3. The zero-order valence-corrected chi connectivity index (χ0v) is 31.0. The third-order valence-electron chi connectivity index (χ3n) is 8.67. The lowest BCUT2D eigenvalue weighted by molar-refractivity contribution is -0.166. The van der Waals surface area contributed by atoms with Crippen LogP contribution >= 0.6 is 0 Å². The lowest BCUT2D eigenvalue weighted by atomic mass is 9.92. The molecule has 1 unspecified atom stereocenters. The first kappa shape index (κ1) is 38.1. The molecule has 1 aromatic carbocycles. The number of ether oxygens (including phenoxy) is 5. The topological polar surface area (TPSA) is 96.7 Å². The Morgan fingerprint density at radius 3 is 2.45 bits per heavy atom. The minimum absolute atomic E-state index is 0.00609. The van der Waals surface area contributed by atoms with Crippen molar-refractivity contribution in [2.45, 2.75) is 118 Å². The third-order valence-corrected chi connectivity index (χ3v) is 8.67. The molecule has 1 saturated heterocycles. The van der Waals surface area contributed by atoms with Gasteiger partial charge in [0.15, 0.2) is 11.8 Å². The zero-order chi connectivity index (χ0) is 35.9. The number of hydrogen-bond acceptors (Lipinski definition) is 9. The molecule has 10 heteroatoms. The van der Waals surface area contributed by atoms with Gasteiger partial charge in [0.25, 0.3) is 0 Å². The minimum Gasteiger partial charge on any atom is -0.490 e. The van der Waals surface area contributed by atoms with E-state index in [0.29, 0.717) is 42.3 Å². The summed E-state index contributed by atoms with van der Waals surface area (Å²) in [5, 5.41) is 5.03. The highest BCUT2D eigenvalue weighted by Crippen LogP contribution is 2.38. The fourth-order valence-electron chi connectivity index (χ4n) is 6.13. The zero-order valence-electron chi connectivity index (χ0n) is 31.0. The highest BCUT2D eigenvalue weighted by molar-refractivity contribution is 5.80. The normalized spacial score (nSPS) is 16.6. The molecular formula is C39H56N4O6. The standard InChI is InChI=1S/C39H56N4O6/c1-12-15-27(5)48-32-17-16-26(4)23-31(32)29(7)46-25-30-24-33-40-28(6)34(35(37(44)45-14-3)49-38(8,9)10)36(43(33)41-30)42-20-18-39(11,19-21-42)47-22-13-2/h12-13,16-17,23-24,27,29,35H,1-2,14-15,18-22,25H2,3-11H3/t27-,29?,35-/m0/s1. The molecule has 3 heterocycles. The van der Waals surface area contributed by atoms with Crippen molar-refractivity contribution in [2.75, 3.05) is 31.2 Å². The summed E-state index contributed by atoms with van der Waals surface area (Å²) in [6.07, 6.45) is 4.70. The molecule has 0 radical (unpaired) electrons. The Morgan fingerprint density at radius 2 is 1.82 bits per heavy atom. The quantitative estimate of drug-likeness (QED) is 0.111. The Kier molecular flexibility index (Phi) is 12.7. The van der Waals surface area contributed by atoms with Crippen molar-refractivity contribution in [3.8, 4) is 5.75 Å². The number of fused-ring (bicyclic) bond motifs is 1. The second-order valence-corrected chi connectivity index (χ2v) is 14.2. The van der Waals surface area contributed by atoms with Gasteiger partial charge in [0.2, 0.25) is 0 Å². The fraction of sp³-hybridized carbons (Fsp3) is 0.564. The number of aryl methyl sites for hydroxylation is 2. The molecule has 0 saturated carbocycles. The predicted molar refractivity (Wildman–Crippen MR) is 193 cm³/mol. The van der Waals surface area contributed by atoms with Gasteiger partial charge in [-0.15, -0.1) is 13.2 Å². The number of rotatable bonds is 16. The Labute approximate surface area is 292 Å². The lowest BCUT2D eigenvalue weighted by Crippen LogP contribution is -2.45. The van der Waals surface area contributed by atoms with E-state index in [0.717, 1.165) is 42.0 Å². The van der Waals surface area contributed by atoms with Crippen LogP contribution in [-0.4, -0.2) is 64.2 Å². The fourth-order valence-corrected chi connectivity index (χ4v) is 6.13. The van der Waals surface area contributed by atoms with E-state index in [9.17, 15) is 4.79 Å². The van der Waals surface area contributed by atoms with E-state index in [2.05, 4.69) is 38.0 Å². The van der Waals surface area contributed by atoms with Crippen LogP contribution in [0.4, 0.5) is 5.82 Å². The summed E-state index contributed by atoms with van der Waals surface area (Å²) in [5.41, 5.74) is 3.89. The molecule has 3 aromatic rings. The number of piperidine rings is 1. The molecule has 1 aliphatic rings. The molecule has 3 atom stereocenters. The number of hydrogen-bond donors (Lipinski definition) is 0. The summed E-state index contributed by atoms with van der Waals surface area (Å²) < 4.78 is 32.7. The van der Waals surface area contributed by atoms with E-state index >= 15 is 0 Å². The summed E-state index contributed by atoms with van der Waals surface area (Å²) >= 11 is 0. The van der Waals surface area contributed by atoms with E-state index in [1.54, 1.807) is 13.0 Å². The van der Waals surface area contributed by atoms with E-state index in [-0.39, 0.29) is 31.0 Å². The summed E-state index contributed by atoms with van der Waals surface area (Å²) in [6.45, 7) is 27.8. The predicted octanol–water partition coefficient (Wildman–Crippen LogP) is 7.95. The number of nitrogens with zero attached hydrogens (tertiary/aromatic N) is 4. The Hall–Kier alpha value is -3.73. The molecule has 0 bridgehead atoms. The van der Waals surface area contributed by atoms with Crippen LogP contribution < -0.4 is 9.64 Å². The Balaban J connectivity index is 1.73. The molecule has 4 rings (SSSR count). The number of carbonyl (C=O) groups is 1. The van der Waals surface area contributed by atoms with Gasteiger partial charge in [0.05, 0.1) is 54.5 Å². The number of anilines is 1. The molecule has 0 N–H and O–H groups in total. The molecule has 2 aromatic heterocycles. The van der Waals surface area contributed by atoms with E-state index in [4.69, 9.17) is 33.8 Å². The monoisotopic (exact) mass is 676 g/mol. The van der Waals surface area contributed by atoms with Gasteiger partial charge in [-0.05, 0) is 87.3 Å². The van der Waals surface area contributed by atoms with Gasteiger partial charge in [-0.2, -0.15) is 9.61 Å². The molecule has 268 valence electrons. The van der Waals surface area contributed by atoms with Crippen LogP contribution in [0.3, 0.4) is 0 Å². The largest absolute Gasteiger partial charge is 0.490 e. The molecular weight excluding hydrogens is 620 g/mol. The summed E-state index contributed by atoms with van der Waals surface area (Å²) in [7, 11) is 0. The van der Waals surface area contributed by atoms with Crippen molar-refractivity contribution in [1.29, 1.82) is 0 Å². The number of esters is 1. The van der Waals surface area contributed by atoms with Crippen molar-refractivity contribution >= 4 is 17.4 Å². The Bertz CT molecular complexity index is 1600. The van der Waals surface area contributed by atoms with Crippen LogP contribution in [0.2, 0.25) is 0 Å². The van der Waals surface area contributed by atoms with Crippen LogP contribution in [0, 0.1) is 13.8 Å². The summed E-state index contributed by atoms with van der Waals surface area (Å²) in [5.74, 6) is 1.10. The number of benzene rings is 1. The highest BCUT2D eigenvalue weighted by atomic mass is 16.6. The smallest absolute Gasteiger partial charge is 0.340 e. The van der Waals surface area contributed by atoms with Crippen molar-refractivity contribution in [3.63, 3.8) is 0 Å². The van der Waals surface area contributed by atoms with Crippen LogP contribution in [0.1, 0.15) is 108 Å². The van der Waals surface area contributed by atoms with E-state index in [1.165, 1.54) is 0 Å². The van der Waals surface area contributed by atoms with Crippen LogP contribution in [0.15, 0.2) is 49.6 Å². The van der Waals surface area contributed by atoms with Gasteiger partial charge in [0, 0.05) is 36.8 Å². The molecule has 0 spiro atoms. The molecule has 0 aliphatic carbocycles. The number of carbonyl (C=O) groups excluding carboxylic acids is 1. The van der Waals surface area contributed by atoms with Crippen LogP contribution in [-0.2, 0) is 30.3 Å². The maximum atomic E-state index is 13.6. The average molecular weight is 677 g/mol. The molecule has 1 fully saturated rings. The van der Waals surface area contributed by atoms with Gasteiger partial charge >= 0.3 is 5.97 Å². The van der Waals surface area contributed by atoms with Gasteiger partial charge in [0.1, 0.15) is 11.6 Å². The van der Waals surface area contributed by atoms with Gasteiger partial charge in [-0.1, -0.05) is 23.8 Å². The van der Waals surface area contributed by atoms with Gasteiger partial charge < -0.3 is 28.6 Å². The minimum atomic E-state index is -0.996. The second-order valence-electron chi connectivity index (χ2n) is 14.2. The van der Waals surface area contributed by atoms with E-state index in [1.807, 2.05) is 70.3 Å². The first-order valence-electron chi connectivity index (χ1n) is 17.4. The summed E-state index contributed by atoms with van der Waals surface area (Å²) in [4.78, 5) is 20.8. The van der Waals surface area contributed by atoms with Gasteiger partial charge in [-0.3, -0.25) is 0 Å². The first-order chi connectivity index (χ1) is 23.2. The lowest BCUT2D eigenvalue weighted by Gasteiger charge is -2.41. The van der Waals surface area contributed by atoms with Crippen LogP contribution in [0.5, 0.6) is 5.75 Å². The van der Waals surface area contributed by atoms with Crippen molar-refractivity contribution < 1.29 is 28.5 Å². The first-order valence-corrected chi connectivity index (χ1v) is 17.4. The maximum Gasteiger partial charge on any atom is 0.340 e. The van der Waals surface area contributed by atoms with Crippen molar-refractivity contribution in [2.24, 2.45) is 0 Å². The van der Waals surface area contributed by atoms with Gasteiger partial charge in [-0.25, -0.2) is 9.78 Å². The molecule has 0 amide bonds. The SMILES string of the molecule is C=CCOC1(C)CCN(c2c([C@H](OC(C)(C)C)C(=O)OCC)c(C)nc3cc(COC(C)c4cc(C)ccc4O[C@@H](C)CC=C)nn23)CC1. The third kappa shape index (κ3) is 9.71. The molecule has 49 heavy (non-hydrogen) atoms. The molecule has 1 aliphatic heterocycles. The van der Waals surface area contributed by atoms with Crippen molar-refractivity contribution in [1.82, 2.24) is 14.6 Å². The summed E-state index contributed by atoms with van der Waals surface area (Å²) in [6, 6.07) is 8.09. The highest BCUT2D eigenvalue weighted by Gasteiger charge is 2.38. The van der Waals surface area contributed by atoms with E-state index < -0.39 is 17.7 Å². The van der Waals surface area contributed by atoms with Crippen LogP contribution in [0.25, 0.3) is 5.65 Å². The van der Waals surface area contributed by atoms with Crippen molar-refractivity contribution in [3.05, 3.63) is 77.7 Å².